The van der Waals surface area contributed by atoms with Crippen molar-refractivity contribution in [3.63, 3.8) is 0 Å². The number of rotatable bonds is 4. The van der Waals surface area contributed by atoms with Crippen LogP contribution in [0.2, 0.25) is 10.0 Å². The number of hydrogen-bond donors (Lipinski definition) is 2. The van der Waals surface area contributed by atoms with Crippen molar-refractivity contribution in [3.05, 3.63) is 64.1 Å². The van der Waals surface area contributed by atoms with E-state index in [1.54, 1.807) is 47.4 Å². The van der Waals surface area contributed by atoms with Gasteiger partial charge in [0.05, 0.1) is 6.04 Å². The van der Waals surface area contributed by atoms with Gasteiger partial charge in [-0.05, 0) is 48.9 Å². The molecule has 26 heavy (non-hydrogen) atoms. The Labute approximate surface area is 161 Å². The summed E-state index contributed by atoms with van der Waals surface area (Å²) >= 11 is 11.9. The molecule has 2 N–H and O–H groups in total. The van der Waals surface area contributed by atoms with Crippen molar-refractivity contribution in [3.8, 4) is 0 Å². The Kier molecular flexibility index (Phi) is 5.49. The van der Waals surface area contributed by atoms with E-state index in [-0.39, 0.29) is 18.0 Å². The molecule has 0 radical (unpaired) electrons. The molecule has 1 aliphatic heterocycles. The van der Waals surface area contributed by atoms with Gasteiger partial charge >= 0.3 is 6.03 Å². The molecule has 1 saturated heterocycles. The van der Waals surface area contributed by atoms with Crippen LogP contribution >= 0.6 is 23.2 Å². The molecule has 1 aliphatic rings. The quantitative estimate of drug-likeness (QED) is 0.752. The van der Waals surface area contributed by atoms with Crippen LogP contribution in [0.3, 0.4) is 0 Å². The maximum atomic E-state index is 12.2. The van der Waals surface area contributed by atoms with Crippen LogP contribution in [-0.2, 0) is 4.79 Å². The average Bonchev–Trinajstić information content (AvgIpc) is 2.93. The monoisotopic (exact) mass is 389 g/mol. The van der Waals surface area contributed by atoms with Gasteiger partial charge in [-0.2, -0.15) is 0 Å². The van der Waals surface area contributed by atoms with Crippen molar-refractivity contribution in [2.75, 3.05) is 16.8 Å². The lowest BCUT2D eigenvalue weighted by Crippen LogP contribution is -2.32. The molecule has 0 unspecified atom stereocenters. The Morgan fingerprint density at radius 1 is 1.27 bits per heavy atom. The van der Waals surface area contributed by atoms with E-state index in [4.69, 9.17) is 23.2 Å². The third kappa shape index (κ3) is 4.18. The van der Waals surface area contributed by atoms with Gasteiger partial charge in [0, 0.05) is 34.0 Å². The van der Waals surface area contributed by atoms with E-state index in [1.807, 2.05) is 13.0 Å². The number of carbonyl (C=O) groups excluding carboxylic acids is 2. The van der Waals surface area contributed by atoms with Crippen LogP contribution in [0.25, 0.3) is 6.08 Å². The van der Waals surface area contributed by atoms with Crippen molar-refractivity contribution in [1.82, 2.24) is 5.32 Å². The number of nitrogens with one attached hydrogen (secondary N) is 2. The van der Waals surface area contributed by atoms with E-state index in [9.17, 15) is 9.59 Å². The molecule has 7 heteroatoms. The Morgan fingerprint density at radius 2 is 2.08 bits per heavy atom. The van der Waals surface area contributed by atoms with Crippen LogP contribution < -0.4 is 15.5 Å². The van der Waals surface area contributed by atoms with Crippen LogP contribution in [0.4, 0.5) is 16.2 Å². The molecule has 0 bridgehead atoms. The normalized spacial score (nSPS) is 16.8. The molecule has 0 saturated carbocycles. The Balaban J connectivity index is 1.70. The molecule has 2 aromatic rings. The molecule has 134 valence electrons. The maximum Gasteiger partial charge on any atom is 0.322 e. The summed E-state index contributed by atoms with van der Waals surface area (Å²) in [4.78, 5) is 25.8. The Bertz CT molecular complexity index is 883. The number of halogens is 2. The van der Waals surface area contributed by atoms with E-state index in [0.717, 1.165) is 5.69 Å². The molecule has 1 heterocycles. The third-order valence-corrected chi connectivity index (χ3v) is 4.54. The zero-order valence-corrected chi connectivity index (χ0v) is 15.5. The van der Waals surface area contributed by atoms with Crippen molar-refractivity contribution >= 4 is 52.6 Å². The van der Waals surface area contributed by atoms with E-state index in [0.29, 0.717) is 27.8 Å². The first-order valence-electron chi connectivity index (χ1n) is 8.05. The van der Waals surface area contributed by atoms with Gasteiger partial charge < -0.3 is 10.6 Å². The number of anilines is 2. The summed E-state index contributed by atoms with van der Waals surface area (Å²) in [6.45, 7) is 2.56. The molecule has 0 aromatic heterocycles. The smallest absolute Gasteiger partial charge is 0.322 e. The van der Waals surface area contributed by atoms with Crippen molar-refractivity contribution in [2.24, 2.45) is 0 Å². The number of carbonyl (C=O) groups is 2. The zero-order chi connectivity index (χ0) is 18.7. The predicted molar refractivity (Wildman–Crippen MR) is 106 cm³/mol. The highest BCUT2D eigenvalue weighted by Crippen LogP contribution is 2.24. The van der Waals surface area contributed by atoms with Gasteiger partial charge in [0.15, 0.2) is 0 Å². The first kappa shape index (κ1) is 18.3. The lowest BCUT2D eigenvalue weighted by Gasteiger charge is -2.20. The second-order valence-electron chi connectivity index (χ2n) is 5.94. The van der Waals surface area contributed by atoms with Gasteiger partial charge in [-0.25, -0.2) is 4.79 Å². The summed E-state index contributed by atoms with van der Waals surface area (Å²) in [5.74, 6) is -0.299. The van der Waals surface area contributed by atoms with Gasteiger partial charge in [-0.3, -0.25) is 9.69 Å². The number of amides is 3. The summed E-state index contributed by atoms with van der Waals surface area (Å²) in [6.07, 6.45) is 3.01. The first-order chi connectivity index (χ1) is 12.4. The highest BCUT2D eigenvalue weighted by molar-refractivity contribution is 6.35. The van der Waals surface area contributed by atoms with Crippen molar-refractivity contribution < 1.29 is 9.59 Å². The number of urea groups is 1. The first-order valence-corrected chi connectivity index (χ1v) is 8.81. The van der Waals surface area contributed by atoms with Gasteiger partial charge in [0.25, 0.3) is 0 Å². The molecule has 2 aromatic carbocycles. The number of benzene rings is 2. The minimum Gasteiger partial charge on any atom is -0.336 e. The highest BCUT2D eigenvalue weighted by Gasteiger charge is 2.28. The largest absolute Gasteiger partial charge is 0.336 e. The Morgan fingerprint density at radius 3 is 2.77 bits per heavy atom. The Hall–Kier alpha value is -2.50. The maximum absolute atomic E-state index is 12.2. The summed E-state index contributed by atoms with van der Waals surface area (Å²) in [7, 11) is 0. The van der Waals surface area contributed by atoms with Gasteiger partial charge in [0.2, 0.25) is 5.91 Å². The van der Waals surface area contributed by atoms with Gasteiger partial charge in [0.1, 0.15) is 0 Å². The fraction of sp³-hybridized carbons (Fsp3) is 0.158. The lowest BCUT2D eigenvalue weighted by molar-refractivity contribution is -0.111. The lowest BCUT2D eigenvalue weighted by atomic mass is 10.2. The van der Waals surface area contributed by atoms with Crippen LogP contribution in [0.5, 0.6) is 0 Å². The summed E-state index contributed by atoms with van der Waals surface area (Å²) in [5, 5.41) is 6.58. The summed E-state index contributed by atoms with van der Waals surface area (Å²) in [5.41, 5.74) is 2.03. The zero-order valence-electron chi connectivity index (χ0n) is 14.0. The molecule has 5 nitrogen and oxygen atoms in total. The average molecular weight is 390 g/mol. The SMILES string of the molecule is C[C@H]1CNC(=O)N1c1cccc(NC(=O)/C=C\c2ccc(Cl)cc2Cl)c1. The number of hydrogen-bond acceptors (Lipinski definition) is 2. The van der Waals surface area contributed by atoms with Crippen molar-refractivity contribution in [2.45, 2.75) is 13.0 Å². The van der Waals surface area contributed by atoms with Crippen LogP contribution in [0.1, 0.15) is 12.5 Å². The molecular weight excluding hydrogens is 373 g/mol. The fourth-order valence-corrected chi connectivity index (χ4v) is 3.17. The topological polar surface area (TPSA) is 61.4 Å². The molecule has 3 amide bonds. The minimum absolute atomic E-state index is 0.0559. The standard InChI is InChI=1S/C19H17Cl2N3O2/c1-12-11-22-19(26)24(12)16-4-2-3-15(10-16)23-18(25)8-6-13-5-7-14(20)9-17(13)21/h2-10,12H,11H2,1H3,(H,22,26)(H,23,25)/b8-6-/t12-/m0/s1. The fourth-order valence-electron chi connectivity index (χ4n) is 2.70. The third-order valence-electron chi connectivity index (χ3n) is 3.98. The second-order valence-corrected chi connectivity index (χ2v) is 6.79. The number of nitrogens with zero attached hydrogens (tertiary/aromatic N) is 1. The van der Waals surface area contributed by atoms with Crippen molar-refractivity contribution in [1.29, 1.82) is 0 Å². The van der Waals surface area contributed by atoms with Crippen LogP contribution in [0, 0.1) is 0 Å². The molecule has 1 fully saturated rings. The molecule has 0 spiro atoms. The highest BCUT2D eigenvalue weighted by atomic mass is 35.5. The van der Waals surface area contributed by atoms with E-state index in [2.05, 4.69) is 10.6 Å². The van der Waals surface area contributed by atoms with E-state index in [1.165, 1.54) is 6.08 Å². The van der Waals surface area contributed by atoms with Gasteiger partial charge in [-0.1, -0.05) is 35.3 Å². The molecular formula is C19H17Cl2N3O2. The van der Waals surface area contributed by atoms with Crippen LogP contribution in [0.15, 0.2) is 48.5 Å². The van der Waals surface area contributed by atoms with Crippen LogP contribution in [-0.4, -0.2) is 24.5 Å². The minimum atomic E-state index is -0.299. The molecule has 3 rings (SSSR count). The second kappa shape index (κ2) is 7.81. The molecule has 1 atom stereocenters. The molecule has 0 aliphatic carbocycles. The van der Waals surface area contributed by atoms with Gasteiger partial charge in [-0.15, -0.1) is 0 Å². The van der Waals surface area contributed by atoms with E-state index >= 15 is 0 Å². The van der Waals surface area contributed by atoms with E-state index < -0.39 is 0 Å². The predicted octanol–water partition coefficient (Wildman–Crippen LogP) is 4.56. The summed E-state index contributed by atoms with van der Waals surface area (Å²) < 4.78 is 0. The summed E-state index contributed by atoms with van der Waals surface area (Å²) in [6, 6.07) is 12.1.